The molecule has 0 saturated carbocycles. The zero-order chi connectivity index (χ0) is 11.6. The number of alkyl halides is 2. The second-order valence-corrected chi connectivity index (χ2v) is 4.29. The van der Waals surface area contributed by atoms with Crippen LogP contribution in [0.2, 0.25) is 0 Å². The van der Waals surface area contributed by atoms with E-state index in [1.807, 2.05) is 0 Å². The summed E-state index contributed by atoms with van der Waals surface area (Å²) in [5, 5.41) is 4.75. The molecule has 0 atom stereocenters. The maximum Gasteiger partial charge on any atom is 0.265 e. The fourth-order valence-electron chi connectivity index (χ4n) is 1.02. The molecule has 8 heteroatoms. The summed E-state index contributed by atoms with van der Waals surface area (Å²) in [6.07, 6.45) is -2.15. The number of aromatic nitrogens is 1. The molecule has 0 amide bonds. The molecular weight excluding hydrogens is 228 g/mol. The fourth-order valence-corrected chi connectivity index (χ4v) is 1.70. The van der Waals surface area contributed by atoms with Crippen molar-refractivity contribution in [3.05, 3.63) is 23.5 Å². The average Bonchev–Trinajstić information content (AvgIpc) is 2.15. The predicted octanol–water partition coefficient (Wildman–Crippen LogP) is 0.125. The third-order valence-corrected chi connectivity index (χ3v) is 2.66. The standard InChI is InChI=1S/C7H9F2N3O2S/c8-7(9)5-1-4(2-10)12-3-6(5)15(11,13)14/h1,3,7H,2,10H2,(H2,11,13,14). The van der Waals surface area contributed by atoms with Crippen LogP contribution in [0.5, 0.6) is 0 Å². The van der Waals surface area contributed by atoms with Crippen molar-refractivity contribution < 1.29 is 17.2 Å². The third kappa shape index (κ3) is 2.67. The molecule has 0 fully saturated rings. The first-order valence-corrected chi connectivity index (χ1v) is 5.40. The summed E-state index contributed by atoms with van der Waals surface area (Å²) in [5.74, 6) is 0. The highest BCUT2D eigenvalue weighted by atomic mass is 32.2. The van der Waals surface area contributed by atoms with Gasteiger partial charge in [0.25, 0.3) is 6.43 Å². The molecule has 0 saturated heterocycles. The van der Waals surface area contributed by atoms with Gasteiger partial charge in [0.05, 0.1) is 5.69 Å². The number of hydrogen-bond acceptors (Lipinski definition) is 4. The molecule has 0 aliphatic heterocycles. The number of nitrogens with zero attached hydrogens (tertiary/aromatic N) is 1. The number of rotatable bonds is 3. The zero-order valence-electron chi connectivity index (χ0n) is 7.52. The lowest BCUT2D eigenvalue weighted by Gasteiger charge is -2.07. The van der Waals surface area contributed by atoms with E-state index in [0.29, 0.717) is 0 Å². The summed E-state index contributed by atoms with van der Waals surface area (Å²) in [6, 6.07) is 0.935. The van der Waals surface area contributed by atoms with Gasteiger partial charge >= 0.3 is 0 Å². The lowest BCUT2D eigenvalue weighted by atomic mass is 10.2. The average molecular weight is 237 g/mol. The van der Waals surface area contributed by atoms with Gasteiger partial charge in [0.1, 0.15) is 4.90 Å². The minimum Gasteiger partial charge on any atom is -0.325 e. The molecule has 84 valence electrons. The Hall–Kier alpha value is -1.12. The number of sulfonamides is 1. The van der Waals surface area contributed by atoms with Gasteiger partial charge in [-0.2, -0.15) is 0 Å². The first kappa shape index (κ1) is 12.0. The van der Waals surface area contributed by atoms with Crippen molar-refractivity contribution in [3.8, 4) is 0 Å². The molecule has 0 radical (unpaired) electrons. The Labute approximate surface area is 85.2 Å². The van der Waals surface area contributed by atoms with Crippen LogP contribution in [0, 0.1) is 0 Å². The van der Waals surface area contributed by atoms with E-state index in [2.05, 4.69) is 4.98 Å². The molecule has 0 aliphatic carbocycles. The molecule has 0 unspecified atom stereocenters. The van der Waals surface area contributed by atoms with Gasteiger partial charge in [0.15, 0.2) is 0 Å². The van der Waals surface area contributed by atoms with E-state index in [1.54, 1.807) is 0 Å². The summed E-state index contributed by atoms with van der Waals surface area (Å²) < 4.78 is 46.8. The van der Waals surface area contributed by atoms with Crippen LogP contribution in [-0.4, -0.2) is 13.4 Å². The second kappa shape index (κ2) is 4.17. The van der Waals surface area contributed by atoms with E-state index in [-0.39, 0.29) is 12.2 Å². The first-order chi connectivity index (χ1) is 6.86. The van der Waals surface area contributed by atoms with Crippen molar-refractivity contribution in [1.29, 1.82) is 0 Å². The first-order valence-electron chi connectivity index (χ1n) is 3.86. The Kier molecular flexibility index (Phi) is 3.32. The van der Waals surface area contributed by atoms with Gasteiger partial charge in [-0.1, -0.05) is 0 Å². The Morgan fingerprint density at radius 1 is 1.47 bits per heavy atom. The highest BCUT2D eigenvalue weighted by molar-refractivity contribution is 7.89. The van der Waals surface area contributed by atoms with E-state index >= 15 is 0 Å². The van der Waals surface area contributed by atoms with Crippen LogP contribution in [0.3, 0.4) is 0 Å². The number of pyridine rings is 1. The zero-order valence-corrected chi connectivity index (χ0v) is 8.34. The molecule has 1 aromatic heterocycles. The summed E-state index contributed by atoms with van der Waals surface area (Å²) >= 11 is 0. The second-order valence-electron chi connectivity index (χ2n) is 2.76. The van der Waals surface area contributed by atoms with Gasteiger partial charge in [-0.3, -0.25) is 4.98 Å². The van der Waals surface area contributed by atoms with Crippen LogP contribution in [-0.2, 0) is 16.6 Å². The van der Waals surface area contributed by atoms with Crippen LogP contribution in [0.1, 0.15) is 17.7 Å². The Morgan fingerprint density at radius 2 is 2.07 bits per heavy atom. The van der Waals surface area contributed by atoms with Gasteiger partial charge in [-0.25, -0.2) is 22.3 Å². The van der Waals surface area contributed by atoms with Crippen LogP contribution < -0.4 is 10.9 Å². The molecule has 1 heterocycles. The van der Waals surface area contributed by atoms with Gasteiger partial charge in [-0.05, 0) is 6.07 Å². The quantitative estimate of drug-likeness (QED) is 0.780. The molecule has 0 aliphatic rings. The van der Waals surface area contributed by atoms with E-state index in [9.17, 15) is 17.2 Å². The molecule has 1 aromatic rings. The molecule has 0 bridgehead atoms. The Balaban J connectivity index is 3.41. The minimum absolute atomic E-state index is 0.0510. The van der Waals surface area contributed by atoms with Crippen molar-refractivity contribution in [2.24, 2.45) is 10.9 Å². The lowest BCUT2D eigenvalue weighted by molar-refractivity contribution is 0.147. The molecule has 1 rings (SSSR count). The van der Waals surface area contributed by atoms with Crippen LogP contribution in [0.15, 0.2) is 17.2 Å². The third-order valence-electron chi connectivity index (χ3n) is 1.71. The van der Waals surface area contributed by atoms with Crippen LogP contribution in [0.4, 0.5) is 8.78 Å². The number of nitrogens with two attached hydrogens (primary N) is 2. The normalized spacial score (nSPS) is 12.1. The number of primary sulfonamides is 1. The molecule has 5 nitrogen and oxygen atoms in total. The van der Waals surface area contributed by atoms with Gasteiger partial charge < -0.3 is 5.73 Å². The minimum atomic E-state index is -4.19. The van der Waals surface area contributed by atoms with Crippen molar-refractivity contribution in [3.63, 3.8) is 0 Å². The lowest BCUT2D eigenvalue weighted by Crippen LogP contribution is -2.16. The molecule has 0 spiro atoms. The molecule has 4 N–H and O–H groups in total. The van der Waals surface area contributed by atoms with Crippen molar-refractivity contribution in [2.45, 2.75) is 17.9 Å². The van der Waals surface area contributed by atoms with Crippen LogP contribution >= 0.6 is 0 Å². The number of halogens is 2. The van der Waals surface area contributed by atoms with E-state index in [1.165, 1.54) is 0 Å². The molecule has 15 heavy (non-hydrogen) atoms. The summed E-state index contributed by atoms with van der Waals surface area (Å²) in [6.45, 7) is -0.0510. The monoisotopic (exact) mass is 237 g/mol. The highest BCUT2D eigenvalue weighted by Gasteiger charge is 2.21. The van der Waals surface area contributed by atoms with E-state index in [4.69, 9.17) is 10.9 Å². The maximum atomic E-state index is 12.5. The van der Waals surface area contributed by atoms with Gasteiger partial charge in [-0.15, -0.1) is 0 Å². The van der Waals surface area contributed by atoms with Crippen LogP contribution in [0.25, 0.3) is 0 Å². The SMILES string of the molecule is NCc1cc(C(F)F)c(S(N)(=O)=O)cn1. The van der Waals surface area contributed by atoms with E-state index in [0.717, 1.165) is 12.3 Å². The topological polar surface area (TPSA) is 99.1 Å². The van der Waals surface area contributed by atoms with E-state index < -0.39 is 26.9 Å². The Bertz CT molecular complexity index is 461. The predicted molar refractivity (Wildman–Crippen MR) is 48.5 cm³/mol. The highest BCUT2D eigenvalue weighted by Crippen LogP contribution is 2.25. The summed E-state index contributed by atoms with van der Waals surface area (Å²) in [4.78, 5) is 2.92. The smallest absolute Gasteiger partial charge is 0.265 e. The van der Waals surface area contributed by atoms with Crippen molar-refractivity contribution >= 4 is 10.0 Å². The summed E-state index contributed by atoms with van der Waals surface area (Å²) in [7, 11) is -4.19. The maximum absolute atomic E-state index is 12.5. The Morgan fingerprint density at radius 3 is 2.47 bits per heavy atom. The largest absolute Gasteiger partial charge is 0.325 e. The fraction of sp³-hybridized carbons (Fsp3) is 0.286. The van der Waals surface area contributed by atoms with Gasteiger partial charge in [0, 0.05) is 18.3 Å². The molecule has 0 aromatic carbocycles. The summed E-state index contributed by atoms with van der Waals surface area (Å²) in [5.41, 5.74) is 4.70. The van der Waals surface area contributed by atoms with Crippen molar-refractivity contribution in [1.82, 2.24) is 4.98 Å². The van der Waals surface area contributed by atoms with Gasteiger partial charge in [0.2, 0.25) is 10.0 Å². The van der Waals surface area contributed by atoms with Crippen molar-refractivity contribution in [2.75, 3.05) is 0 Å². The molecular formula is C7H9F2N3O2S. The number of hydrogen-bond donors (Lipinski definition) is 2.